The van der Waals surface area contributed by atoms with E-state index in [4.69, 9.17) is 16.3 Å². The second-order valence-electron chi connectivity index (χ2n) is 7.52. The lowest BCUT2D eigenvalue weighted by Crippen LogP contribution is -2.48. The Hall–Kier alpha value is -2.44. The van der Waals surface area contributed by atoms with E-state index in [1.807, 2.05) is 18.2 Å². The van der Waals surface area contributed by atoms with Gasteiger partial charge in [-0.1, -0.05) is 29.8 Å². The number of aromatic hydroxyl groups is 1. The van der Waals surface area contributed by atoms with E-state index in [-0.39, 0.29) is 5.75 Å². The van der Waals surface area contributed by atoms with Gasteiger partial charge >= 0.3 is 0 Å². The summed E-state index contributed by atoms with van der Waals surface area (Å²) in [6.07, 6.45) is 2.14. The van der Waals surface area contributed by atoms with E-state index in [2.05, 4.69) is 39.6 Å². The number of nitrogens with zero attached hydrogens (tertiary/aromatic N) is 2. The number of phenolic OH excluding ortho intramolecular Hbond substituents is 1. The van der Waals surface area contributed by atoms with Crippen LogP contribution >= 0.6 is 11.6 Å². The third-order valence-corrected chi connectivity index (χ3v) is 5.51. The van der Waals surface area contributed by atoms with Crippen molar-refractivity contribution in [1.29, 1.82) is 0 Å². The van der Waals surface area contributed by atoms with Crippen molar-refractivity contribution in [2.24, 2.45) is 4.99 Å². The minimum Gasteiger partial charge on any atom is -0.504 e. The molecule has 1 saturated heterocycles. The molecule has 1 heterocycles. The second kappa shape index (κ2) is 11.1. The fourth-order valence-electron chi connectivity index (χ4n) is 3.60. The molecule has 2 aromatic carbocycles. The first-order valence-corrected chi connectivity index (χ1v) is 10.8. The fraction of sp³-hybridized carbons (Fsp3) is 0.435. The molecule has 0 bridgehead atoms. The minimum absolute atomic E-state index is 0.135. The number of phenols is 1. The molecule has 2 aromatic rings. The fourth-order valence-corrected chi connectivity index (χ4v) is 3.73. The summed E-state index contributed by atoms with van der Waals surface area (Å²) in [4.78, 5) is 7.16. The van der Waals surface area contributed by atoms with Crippen LogP contribution in [0.2, 0.25) is 5.02 Å². The molecule has 0 saturated carbocycles. The first-order valence-electron chi connectivity index (χ1n) is 10.4. The molecule has 1 aliphatic heterocycles. The summed E-state index contributed by atoms with van der Waals surface area (Å²) >= 11 is 5.98. The van der Waals surface area contributed by atoms with Gasteiger partial charge in [0.05, 0.1) is 13.7 Å². The maximum Gasteiger partial charge on any atom is 0.191 e. The Morgan fingerprint density at radius 1 is 1.17 bits per heavy atom. The third-order valence-electron chi connectivity index (χ3n) is 5.26. The Balaban J connectivity index is 1.51. The molecule has 1 aliphatic rings. The van der Waals surface area contributed by atoms with Gasteiger partial charge in [-0.25, -0.2) is 4.99 Å². The van der Waals surface area contributed by atoms with Gasteiger partial charge in [-0.15, -0.1) is 0 Å². The third kappa shape index (κ3) is 6.54. The largest absolute Gasteiger partial charge is 0.504 e. The Labute approximate surface area is 183 Å². The Morgan fingerprint density at radius 2 is 1.87 bits per heavy atom. The SMILES string of the molecule is CCNC(=NCc1ccc(OC)c(O)c1)NC1CCN(Cc2ccc(Cl)cc2)CC1. The molecule has 7 heteroatoms. The Bertz CT molecular complexity index is 834. The maximum atomic E-state index is 9.95. The Morgan fingerprint density at radius 3 is 2.50 bits per heavy atom. The van der Waals surface area contributed by atoms with Crippen LogP contribution in [0.25, 0.3) is 0 Å². The van der Waals surface area contributed by atoms with Crippen molar-refractivity contribution >= 4 is 17.6 Å². The lowest BCUT2D eigenvalue weighted by molar-refractivity contribution is 0.198. The maximum absolute atomic E-state index is 9.95. The predicted octanol–water partition coefficient (Wildman–Crippen LogP) is 3.77. The number of methoxy groups -OCH3 is 1. The van der Waals surface area contributed by atoms with Gasteiger partial charge in [-0.05, 0) is 55.2 Å². The lowest BCUT2D eigenvalue weighted by atomic mass is 10.0. The van der Waals surface area contributed by atoms with E-state index in [9.17, 15) is 5.11 Å². The molecule has 0 unspecified atom stereocenters. The van der Waals surface area contributed by atoms with Gasteiger partial charge in [0, 0.05) is 37.2 Å². The number of hydrogen-bond donors (Lipinski definition) is 3. The molecule has 162 valence electrons. The molecule has 0 radical (unpaired) electrons. The number of guanidine groups is 1. The van der Waals surface area contributed by atoms with Gasteiger partial charge in [0.2, 0.25) is 0 Å². The molecular weight excluding hydrogens is 400 g/mol. The lowest BCUT2D eigenvalue weighted by Gasteiger charge is -2.33. The van der Waals surface area contributed by atoms with E-state index in [0.717, 1.165) is 55.6 Å². The monoisotopic (exact) mass is 430 g/mol. The van der Waals surface area contributed by atoms with E-state index in [1.54, 1.807) is 19.2 Å². The number of halogens is 1. The van der Waals surface area contributed by atoms with Gasteiger partial charge in [-0.3, -0.25) is 4.90 Å². The van der Waals surface area contributed by atoms with Crippen LogP contribution in [0.4, 0.5) is 0 Å². The van der Waals surface area contributed by atoms with Gasteiger partial charge < -0.3 is 20.5 Å². The number of aliphatic imine (C=N–C) groups is 1. The molecule has 3 N–H and O–H groups in total. The van der Waals surface area contributed by atoms with Crippen LogP contribution in [0.1, 0.15) is 30.9 Å². The van der Waals surface area contributed by atoms with Crippen molar-refractivity contribution in [2.45, 2.75) is 38.9 Å². The Kier molecular flexibility index (Phi) is 8.22. The summed E-state index contributed by atoms with van der Waals surface area (Å²) in [5, 5.41) is 17.6. The van der Waals surface area contributed by atoms with Crippen LogP contribution in [0, 0.1) is 0 Å². The summed E-state index contributed by atoms with van der Waals surface area (Å²) in [5.74, 6) is 1.42. The van der Waals surface area contributed by atoms with Crippen molar-refractivity contribution in [2.75, 3.05) is 26.7 Å². The number of benzene rings is 2. The highest BCUT2D eigenvalue weighted by Crippen LogP contribution is 2.26. The van der Waals surface area contributed by atoms with Crippen molar-refractivity contribution in [1.82, 2.24) is 15.5 Å². The zero-order valence-corrected chi connectivity index (χ0v) is 18.5. The standard InChI is InChI=1S/C23H31ClN4O2/c1-3-25-23(26-15-18-6-9-22(30-2)21(29)14-18)27-20-10-12-28(13-11-20)16-17-4-7-19(24)8-5-17/h4-9,14,20,29H,3,10-13,15-16H2,1-2H3,(H2,25,26,27). The molecule has 1 fully saturated rings. The minimum atomic E-state index is 0.135. The molecule has 0 aromatic heterocycles. The van der Waals surface area contributed by atoms with Gasteiger partial charge in [0.15, 0.2) is 17.5 Å². The summed E-state index contributed by atoms with van der Waals surface area (Å²) in [6, 6.07) is 13.9. The topological polar surface area (TPSA) is 69.1 Å². The number of likely N-dealkylation sites (tertiary alicyclic amines) is 1. The number of hydrogen-bond acceptors (Lipinski definition) is 4. The first kappa shape index (κ1) is 22.2. The molecule has 0 atom stereocenters. The van der Waals surface area contributed by atoms with Crippen LogP contribution in [0.15, 0.2) is 47.5 Å². The number of piperidine rings is 1. The van der Waals surface area contributed by atoms with E-state index in [1.165, 1.54) is 5.56 Å². The quantitative estimate of drug-likeness (QED) is 0.460. The summed E-state index contributed by atoms with van der Waals surface area (Å²) < 4.78 is 5.10. The zero-order valence-electron chi connectivity index (χ0n) is 17.7. The van der Waals surface area contributed by atoms with E-state index >= 15 is 0 Å². The highest BCUT2D eigenvalue weighted by Gasteiger charge is 2.20. The number of ether oxygens (including phenoxy) is 1. The molecule has 0 spiro atoms. The van der Waals surface area contributed by atoms with Crippen LogP contribution in [0.3, 0.4) is 0 Å². The van der Waals surface area contributed by atoms with Gasteiger partial charge in [-0.2, -0.15) is 0 Å². The van der Waals surface area contributed by atoms with E-state index < -0.39 is 0 Å². The predicted molar refractivity (Wildman–Crippen MR) is 122 cm³/mol. The summed E-state index contributed by atoms with van der Waals surface area (Å²) in [7, 11) is 1.54. The highest BCUT2D eigenvalue weighted by atomic mass is 35.5. The smallest absolute Gasteiger partial charge is 0.191 e. The molecule has 30 heavy (non-hydrogen) atoms. The van der Waals surface area contributed by atoms with Crippen LogP contribution in [0.5, 0.6) is 11.5 Å². The number of rotatable bonds is 7. The molecule has 0 aliphatic carbocycles. The molecule has 3 rings (SSSR count). The van der Waals surface area contributed by atoms with Crippen molar-refractivity contribution in [3.63, 3.8) is 0 Å². The number of nitrogens with one attached hydrogen (secondary N) is 2. The van der Waals surface area contributed by atoms with Crippen molar-refractivity contribution in [3.8, 4) is 11.5 Å². The van der Waals surface area contributed by atoms with Crippen molar-refractivity contribution < 1.29 is 9.84 Å². The van der Waals surface area contributed by atoms with Crippen LogP contribution < -0.4 is 15.4 Å². The molecular formula is C23H31ClN4O2. The zero-order chi connectivity index (χ0) is 21.3. The van der Waals surface area contributed by atoms with E-state index in [0.29, 0.717) is 18.3 Å². The van der Waals surface area contributed by atoms with Crippen LogP contribution in [-0.4, -0.2) is 48.8 Å². The summed E-state index contributed by atoms with van der Waals surface area (Å²) in [6.45, 7) is 6.40. The first-order chi connectivity index (χ1) is 14.6. The molecule has 6 nitrogen and oxygen atoms in total. The summed E-state index contributed by atoms with van der Waals surface area (Å²) in [5.41, 5.74) is 2.23. The van der Waals surface area contributed by atoms with Crippen molar-refractivity contribution in [3.05, 3.63) is 58.6 Å². The van der Waals surface area contributed by atoms with Crippen LogP contribution in [-0.2, 0) is 13.1 Å². The second-order valence-corrected chi connectivity index (χ2v) is 7.96. The average Bonchev–Trinajstić information content (AvgIpc) is 2.75. The molecule has 0 amide bonds. The highest BCUT2D eigenvalue weighted by molar-refractivity contribution is 6.30. The van der Waals surface area contributed by atoms with Gasteiger partial charge in [0.25, 0.3) is 0 Å². The normalized spacial score (nSPS) is 15.8. The van der Waals surface area contributed by atoms with Gasteiger partial charge in [0.1, 0.15) is 0 Å². The average molecular weight is 431 g/mol.